The van der Waals surface area contributed by atoms with E-state index in [-0.39, 0.29) is 30.1 Å². The van der Waals surface area contributed by atoms with Crippen molar-refractivity contribution in [3.63, 3.8) is 0 Å². The van der Waals surface area contributed by atoms with Crippen LogP contribution in [0.15, 0.2) is 36.4 Å². The van der Waals surface area contributed by atoms with Crippen molar-refractivity contribution in [3.05, 3.63) is 42.0 Å². The molecule has 0 bridgehead atoms. The second-order valence-corrected chi connectivity index (χ2v) is 10.5. The molecular weight excluding hydrogens is 508 g/mol. The molecule has 11 heteroatoms. The maximum atomic E-state index is 13.1. The molecule has 2 atom stereocenters. The summed E-state index contributed by atoms with van der Waals surface area (Å²) in [5.74, 6) is -2.72. The van der Waals surface area contributed by atoms with Crippen LogP contribution in [0, 0.1) is 5.92 Å². The molecule has 2 N–H and O–H groups in total. The Balaban J connectivity index is 3.00. The van der Waals surface area contributed by atoms with Gasteiger partial charge in [-0.2, -0.15) is 0 Å². The molecule has 0 heterocycles. The largest absolute Gasteiger partial charge is 0.469 e. The van der Waals surface area contributed by atoms with Gasteiger partial charge in [0.2, 0.25) is 5.91 Å². The zero-order chi connectivity index (χ0) is 29.9. The van der Waals surface area contributed by atoms with Crippen LogP contribution in [-0.2, 0) is 39.8 Å². The lowest BCUT2D eigenvalue weighted by molar-refractivity contribution is -0.151. The van der Waals surface area contributed by atoms with Gasteiger partial charge in [0.25, 0.3) is 0 Å². The van der Waals surface area contributed by atoms with Gasteiger partial charge in [0.05, 0.1) is 19.6 Å². The smallest absolute Gasteiger partial charge is 0.408 e. The summed E-state index contributed by atoms with van der Waals surface area (Å²) >= 11 is 0. The number of carbonyl (C=O) groups excluding carboxylic acids is 5. The van der Waals surface area contributed by atoms with Gasteiger partial charge in [0, 0.05) is 12.0 Å². The van der Waals surface area contributed by atoms with Crippen molar-refractivity contribution in [2.45, 2.75) is 85.1 Å². The number of methoxy groups -OCH3 is 1. The van der Waals surface area contributed by atoms with Gasteiger partial charge in [0.1, 0.15) is 23.4 Å². The lowest BCUT2D eigenvalue weighted by atomic mass is 10.0. The summed E-state index contributed by atoms with van der Waals surface area (Å²) in [6.45, 7) is 15.5. The number of ether oxygens (including phenoxy) is 4. The van der Waals surface area contributed by atoms with E-state index >= 15 is 0 Å². The third kappa shape index (κ3) is 12.5. The minimum absolute atomic E-state index is 0.0650. The molecule has 2 amide bonds. The second kappa shape index (κ2) is 14.9. The zero-order valence-electron chi connectivity index (χ0n) is 23.9. The number of hydrogen-bond donors (Lipinski definition) is 2. The number of nitrogens with one attached hydrogen (secondary N) is 2. The van der Waals surface area contributed by atoms with E-state index in [9.17, 15) is 24.0 Å². The van der Waals surface area contributed by atoms with Gasteiger partial charge < -0.3 is 29.6 Å². The molecule has 0 spiro atoms. The molecule has 2 unspecified atom stereocenters. The number of rotatable bonds is 12. The maximum absolute atomic E-state index is 13.1. The molecule has 11 nitrogen and oxygen atoms in total. The first-order valence-corrected chi connectivity index (χ1v) is 12.6. The molecule has 0 aliphatic heterocycles. The second-order valence-electron chi connectivity index (χ2n) is 10.5. The molecule has 0 saturated heterocycles. The van der Waals surface area contributed by atoms with Crippen LogP contribution >= 0.6 is 0 Å². The van der Waals surface area contributed by atoms with E-state index in [0.717, 1.165) is 0 Å². The first kappa shape index (κ1) is 33.1. The van der Waals surface area contributed by atoms with Crippen molar-refractivity contribution >= 4 is 29.9 Å². The Morgan fingerprint density at radius 2 is 1.54 bits per heavy atom. The van der Waals surface area contributed by atoms with Gasteiger partial charge in [-0.25, -0.2) is 14.4 Å². The Hall–Kier alpha value is -3.89. The van der Waals surface area contributed by atoms with Crippen molar-refractivity contribution < 1.29 is 42.9 Å². The van der Waals surface area contributed by atoms with E-state index in [1.54, 1.807) is 60.6 Å². The summed E-state index contributed by atoms with van der Waals surface area (Å²) < 4.78 is 20.3. The normalized spacial score (nSPS) is 12.7. The highest BCUT2D eigenvalue weighted by Gasteiger charge is 2.31. The fourth-order valence-electron chi connectivity index (χ4n) is 3.17. The Morgan fingerprint density at radius 1 is 0.949 bits per heavy atom. The molecule has 1 aromatic carbocycles. The molecule has 1 aromatic rings. The zero-order valence-corrected chi connectivity index (χ0v) is 23.9. The summed E-state index contributed by atoms with van der Waals surface area (Å²) in [5.41, 5.74) is -0.180. The third-order valence-corrected chi connectivity index (χ3v) is 5.02. The average molecular weight is 549 g/mol. The van der Waals surface area contributed by atoms with Gasteiger partial charge in [-0.15, -0.1) is 0 Å². The fourth-order valence-corrected chi connectivity index (χ4v) is 3.17. The van der Waals surface area contributed by atoms with Gasteiger partial charge in [-0.3, -0.25) is 9.59 Å². The molecule has 0 radical (unpaired) electrons. The molecule has 216 valence electrons. The summed E-state index contributed by atoms with van der Waals surface area (Å²) in [6, 6.07) is 4.22. The van der Waals surface area contributed by atoms with Crippen molar-refractivity contribution in [2.24, 2.45) is 5.92 Å². The van der Waals surface area contributed by atoms with Gasteiger partial charge in [0.15, 0.2) is 0 Å². The molecule has 0 aliphatic carbocycles. The van der Waals surface area contributed by atoms with Crippen LogP contribution in [0.1, 0.15) is 60.5 Å². The Morgan fingerprint density at radius 3 is 2.03 bits per heavy atom. The standard InChI is InChI=1S/C28H40N2O9/c1-16(2)23(30-27(35)39-28(6,7)8)24(32)29-21(26(34)37-17(3)4)15-19-10-12-20(13-11-19)38-25(33)18(5)14-22(31)36-9/h10-13,16-17,21,23H,5,14-15H2,1-4,6-9H3,(H,29,32)(H,30,35). The van der Waals surface area contributed by atoms with Crippen LogP contribution in [0.3, 0.4) is 0 Å². The highest BCUT2D eigenvalue weighted by molar-refractivity contribution is 5.94. The van der Waals surface area contributed by atoms with Crippen LogP contribution in [0.5, 0.6) is 5.75 Å². The molecule has 0 aliphatic rings. The fraction of sp³-hybridized carbons (Fsp3) is 0.536. The Bertz CT molecular complexity index is 1040. The van der Waals surface area contributed by atoms with Crippen molar-refractivity contribution in [3.8, 4) is 5.75 Å². The van der Waals surface area contributed by atoms with Crippen LogP contribution < -0.4 is 15.4 Å². The van der Waals surface area contributed by atoms with Crippen LogP contribution in [0.2, 0.25) is 0 Å². The maximum Gasteiger partial charge on any atom is 0.408 e. The molecule has 1 rings (SSSR count). The van der Waals surface area contributed by atoms with Crippen molar-refractivity contribution in [1.82, 2.24) is 10.6 Å². The molecule has 39 heavy (non-hydrogen) atoms. The minimum atomic E-state index is -1.06. The van der Waals surface area contributed by atoms with E-state index in [2.05, 4.69) is 21.9 Å². The quantitative estimate of drug-likeness (QED) is 0.174. The number of hydrogen-bond acceptors (Lipinski definition) is 9. The molecule has 0 fully saturated rings. The van der Waals surface area contributed by atoms with Crippen molar-refractivity contribution in [1.29, 1.82) is 0 Å². The average Bonchev–Trinajstić information content (AvgIpc) is 2.81. The summed E-state index contributed by atoms with van der Waals surface area (Å²) in [5, 5.41) is 5.24. The number of alkyl carbamates (subject to hydrolysis) is 1. The summed E-state index contributed by atoms with van der Waals surface area (Å²) in [7, 11) is 1.20. The van der Waals surface area contributed by atoms with E-state index in [1.807, 2.05) is 0 Å². The van der Waals surface area contributed by atoms with E-state index in [4.69, 9.17) is 14.2 Å². The monoisotopic (exact) mass is 548 g/mol. The van der Waals surface area contributed by atoms with Gasteiger partial charge in [-0.05, 0) is 58.2 Å². The number of amides is 2. The summed E-state index contributed by atoms with van der Waals surface area (Å²) in [4.78, 5) is 61.7. The topological polar surface area (TPSA) is 146 Å². The number of benzene rings is 1. The first-order chi connectivity index (χ1) is 18.0. The van der Waals surface area contributed by atoms with E-state index < -0.39 is 53.7 Å². The molecular formula is C28H40N2O9. The highest BCUT2D eigenvalue weighted by atomic mass is 16.6. The van der Waals surface area contributed by atoms with E-state index in [0.29, 0.717) is 5.56 Å². The lowest BCUT2D eigenvalue weighted by Gasteiger charge is -2.27. The number of esters is 3. The van der Waals surface area contributed by atoms with Crippen LogP contribution in [-0.4, -0.2) is 60.8 Å². The Labute approximate surface area is 229 Å². The SMILES string of the molecule is C=C(CC(=O)OC)C(=O)Oc1ccc(CC(NC(=O)C(NC(=O)OC(C)(C)C)C(C)C)C(=O)OC(C)C)cc1. The van der Waals surface area contributed by atoms with Crippen LogP contribution in [0.4, 0.5) is 4.79 Å². The van der Waals surface area contributed by atoms with E-state index in [1.165, 1.54) is 19.2 Å². The number of carbonyl (C=O) groups is 5. The minimum Gasteiger partial charge on any atom is -0.469 e. The summed E-state index contributed by atoms with van der Waals surface area (Å²) in [6.07, 6.45) is -1.40. The highest BCUT2D eigenvalue weighted by Crippen LogP contribution is 2.17. The predicted molar refractivity (Wildman–Crippen MR) is 143 cm³/mol. The lowest BCUT2D eigenvalue weighted by Crippen LogP contribution is -2.55. The first-order valence-electron chi connectivity index (χ1n) is 12.6. The Kier molecular flexibility index (Phi) is 12.7. The third-order valence-electron chi connectivity index (χ3n) is 5.02. The van der Waals surface area contributed by atoms with Crippen molar-refractivity contribution in [2.75, 3.05) is 7.11 Å². The predicted octanol–water partition coefficient (Wildman–Crippen LogP) is 3.24. The van der Waals surface area contributed by atoms with Crippen LogP contribution in [0.25, 0.3) is 0 Å². The molecule has 0 aromatic heterocycles. The molecule has 0 saturated carbocycles. The van der Waals surface area contributed by atoms with Gasteiger partial charge in [-0.1, -0.05) is 32.6 Å². The van der Waals surface area contributed by atoms with Gasteiger partial charge >= 0.3 is 24.0 Å².